The molecule has 11 nitrogen and oxygen atoms in total. The number of hydrogen-bond acceptors (Lipinski definition) is 7. The van der Waals surface area contributed by atoms with E-state index in [0.717, 1.165) is 0 Å². The minimum absolute atomic E-state index is 0.169. The maximum Gasteiger partial charge on any atom is 0.475 e. The van der Waals surface area contributed by atoms with Gasteiger partial charge in [-0.3, -0.25) is 10.2 Å². The van der Waals surface area contributed by atoms with Gasteiger partial charge in [0.05, 0.1) is 12.0 Å². The van der Waals surface area contributed by atoms with Crippen molar-refractivity contribution >= 4 is 19.0 Å². The second-order valence-corrected chi connectivity index (χ2v) is 5.58. The molecule has 0 rings (SSSR count). The summed E-state index contributed by atoms with van der Waals surface area (Å²) >= 11 is 0. The fourth-order valence-corrected chi connectivity index (χ4v) is 1.85. The van der Waals surface area contributed by atoms with Gasteiger partial charge < -0.3 is 26.4 Å². The van der Waals surface area contributed by atoms with Crippen LogP contribution in [0.25, 0.3) is 0 Å². The standard InChI is InChI=1S/C11H25BN6O5/c1-7(2)6-9(12(20)21)16-10(19)8(13)4-3-5-15-11(14)17-18(22)23/h7-9,20-21H,3-6,13H2,1-2H3,(H,16,19)(H3,14,15,17)/t8-,9-/m0/s1. The first-order valence-corrected chi connectivity index (χ1v) is 7.29. The molecule has 8 N–H and O–H groups in total. The molecule has 0 aromatic rings. The van der Waals surface area contributed by atoms with E-state index in [2.05, 4.69) is 10.6 Å². The van der Waals surface area contributed by atoms with E-state index in [0.29, 0.717) is 12.8 Å². The van der Waals surface area contributed by atoms with E-state index in [1.165, 1.54) is 0 Å². The predicted molar refractivity (Wildman–Crippen MR) is 84.6 cm³/mol. The number of nitrogens with two attached hydrogens (primary N) is 1. The van der Waals surface area contributed by atoms with Gasteiger partial charge in [0.1, 0.15) is 0 Å². The van der Waals surface area contributed by atoms with Crippen molar-refractivity contribution in [3.05, 3.63) is 10.1 Å². The molecule has 0 aliphatic rings. The van der Waals surface area contributed by atoms with Gasteiger partial charge in [0.25, 0.3) is 5.96 Å². The van der Waals surface area contributed by atoms with Gasteiger partial charge in [-0.1, -0.05) is 19.3 Å². The van der Waals surface area contributed by atoms with Gasteiger partial charge in [-0.25, -0.2) is 10.1 Å². The van der Waals surface area contributed by atoms with Crippen LogP contribution in [0.1, 0.15) is 33.1 Å². The number of hydrazine groups is 1. The van der Waals surface area contributed by atoms with Crippen LogP contribution in [-0.2, 0) is 4.79 Å². The Morgan fingerprint density at radius 2 is 2.04 bits per heavy atom. The molecule has 0 aliphatic heterocycles. The summed E-state index contributed by atoms with van der Waals surface area (Å²) in [5.74, 6) is -1.57. The van der Waals surface area contributed by atoms with E-state index in [-0.39, 0.29) is 18.9 Å². The Labute approximate surface area is 134 Å². The van der Waals surface area contributed by atoms with Gasteiger partial charge in [0.2, 0.25) is 5.91 Å². The molecule has 0 bridgehead atoms. The summed E-state index contributed by atoms with van der Waals surface area (Å²) in [5.41, 5.74) is 7.35. The van der Waals surface area contributed by atoms with E-state index in [1.54, 1.807) is 5.43 Å². The lowest BCUT2D eigenvalue weighted by Crippen LogP contribution is -2.52. The zero-order valence-corrected chi connectivity index (χ0v) is 13.3. The number of guanidine groups is 1. The van der Waals surface area contributed by atoms with Crippen molar-refractivity contribution in [2.75, 3.05) is 6.54 Å². The number of rotatable bonds is 10. The van der Waals surface area contributed by atoms with Crippen molar-refractivity contribution < 1.29 is 19.9 Å². The van der Waals surface area contributed by atoms with Crippen LogP contribution < -0.4 is 21.8 Å². The van der Waals surface area contributed by atoms with E-state index in [9.17, 15) is 25.0 Å². The van der Waals surface area contributed by atoms with Crippen LogP contribution in [0.2, 0.25) is 0 Å². The highest BCUT2D eigenvalue weighted by atomic mass is 16.7. The van der Waals surface area contributed by atoms with Crippen molar-refractivity contribution in [3.8, 4) is 0 Å². The molecule has 0 saturated carbocycles. The zero-order chi connectivity index (χ0) is 18.0. The van der Waals surface area contributed by atoms with E-state index < -0.39 is 36.0 Å². The molecule has 0 heterocycles. The van der Waals surface area contributed by atoms with Crippen LogP contribution in [0, 0.1) is 21.4 Å². The number of nitro groups is 1. The monoisotopic (exact) mass is 332 g/mol. The van der Waals surface area contributed by atoms with E-state index >= 15 is 0 Å². The molecule has 0 aliphatic carbocycles. The molecular formula is C11H25BN6O5. The molecular weight excluding hydrogens is 307 g/mol. The topological polar surface area (TPSA) is 187 Å². The second-order valence-electron chi connectivity index (χ2n) is 5.58. The minimum atomic E-state index is -1.66. The zero-order valence-electron chi connectivity index (χ0n) is 13.3. The van der Waals surface area contributed by atoms with E-state index in [1.807, 2.05) is 13.8 Å². The van der Waals surface area contributed by atoms with Crippen LogP contribution >= 0.6 is 0 Å². The number of carbonyl (C=O) groups is 1. The second kappa shape index (κ2) is 10.8. The Balaban J connectivity index is 4.09. The molecule has 0 radical (unpaired) electrons. The fraction of sp³-hybridized carbons (Fsp3) is 0.818. The van der Waals surface area contributed by atoms with Gasteiger partial charge in [0.15, 0.2) is 5.03 Å². The first kappa shape index (κ1) is 21.1. The Bertz CT molecular complexity index is 408. The van der Waals surface area contributed by atoms with Crippen molar-refractivity contribution in [2.45, 2.75) is 45.1 Å². The Hall–Kier alpha value is -1.92. The Morgan fingerprint density at radius 3 is 2.52 bits per heavy atom. The summed E-state index contributed by atoms with van der Waals surface area (Å²) < 4.78 is 0. The van der Waals surface area contributed by atoms with Crippen LogP contribution in [0.15, 0.2) is 0 Å². The third kappa shape index (κ3) is 10.4. The van der Waals surface area contributed by atoms with Crippen LogP contribution in [0.3, 0.4) is 0 Å². The maximum atomic E-state index is 11.9. The third-order valence-corrected chi connectivity index (χ3v) is 2.95. The van der Waals surface area contributed by atoms with Gasteiger partial charge >= 0.3 is 7.12 Å². The largest absolute Gasteiger partial charge is 0.475 e. The summed E-state index contributed by atoms with van der Waals surface area (Å²) in [6, 6.07) is -0.845. The summed E-state index contributed by atoms with van der Waals surface area (Å²) in [4.78, 5) is 22.0. The summed E-state index contributed by atoms with van der Waals surface area (Å²) in [7, 11) is -1.66. The average Bonchev–Trinajstić information content (AvgIpc) is 2.41. The smallest absolute Gasteiger partial charge is 0.426 e. The van der Waals surface area contributed by atoms with Gasteiger partial charge in [-0.15, -0.1) is 0 Å². The van der Waals surface area contributed by atoms with Crippen molar-refractivity contribution in [3.63, 3.8) is 0 Å². The average molecular weight is 332 g/mol. The Morgan fingerprint density at radius 1 is 1.43 bits per heavy atom. The molecule has 0 saturated heterocycles. The molecule has 23 heavy (non-hydrogen) atoms. The molecule has 0 spiro atoms. The highest BCUT2D eigenvalue weighted by Gasteiger charge is 2.27. The first-order chi connectivity index (χ1) is 10.6. The number of nitrogens with one attached hydrogen (secondary N) is 4. The quantitative estimate of drug-likeness (QED) is 0.0594. The van der Waals surface area contributed by atoms with E-state index in [4.69, 9.17) is 11.1 Å². The van der Waals surface area contributed by atoms with Crippen molar-refractivity contribution in [2.24, 2.45) is 11.7 Å². The number of amides is 1. The van der Waals surface area contributed by atoms with Crippen molar-refractivity contribution in [1.82, 2.24) is 16.1 Å². The molecule has 0 aromatic heterocycles. The van der Waals surface area contributed by atoms with Gasteiger partial charge in [-0.05, 0) is 25.2 Å². The molecule has 12 heteroatoms. The first-order valence-electron chi connectivity index (χ1n) is 7.29. The highest BCUT2D eigenvalue weighted by Crippen LogP contribution is 2.06. The lowest BCUT2D eigenvalue weighted by molar-refractivity contribution is -0.525. The lowest BCUT2D eigenvalue weighted by Gasteiger charge is -2.21. The minimum Gasteiger partial charge on any atom is -0.426 e. The van der Waals surface area contributed by atoms with Crippen LogP contribution in [0.4, 0.5) is 0 Å². The molecule has 1 amide bonds. The van der Waals surface area contributed by atoms with Crippen LogP contribution in [-0.4, -0.2) is 52.6 Å². The van der Waals surface area contributed by atoms with Gasteiger partial charge in [0, 0.05) is 6.54 Å². The third-order valence-electron chi connectivity index (χ3n) is 2.95. The molecule has 132 valence electrons. The molecule has 2 atom stereocenters. The predicted octanol–water partition coefficient (Wildman–Crippen LogP) is -2.06. The summed E-state index contributed by atoms with van der Waals surface area (Å²) in [5, 5.41) is 39.8. The molecule has 0 fully saturated rings. The van der Waals surface area contributed by atoms with Crippen molar-refractivity contribution in [1.29, 1.82) is 5.41 Å². The summed E-state index contributed by atoms with van der Waals surface area (Å²) in [6.07, 6.45) is 1.09. The Kier molecular flexibility index (Phi) is 9.86. The summed E-state index contributed by atoms with van der Waals surface area (Å²) in [6.45, 7) is 4.01. The van der Waals surface area contributed by atoms with Crippen LogP contribution in [0.5, 0.6) is 0 Å². The maximum absolute atomic E-state index is 11.9. The number of hydrogen-bond donors (Lipinski definition) is 7. The normalized spacial score (nSPS) is 13.1. The number of carbonyl (C=O) groups excluding carboxylic acids is 1. The van der Waals surface area contributed by atoms with Gasteiger partial charge in [-0.2, -0.15) is 0 Å². The molecule has 0 aromatic carbocycles. The number of nitrogens with zero attached hydrogens (tertiary/aromatic N) is 1. The molecule has 0 unspecified atom stereocenters. The fourth-order valence-electron chi connectivity index (χ4n) is 1.85. The lowest BCUT2D eigenvalue weighted by atomic mass is 9.75. The SMILES string of the molecule is CC(C)C[C@H](NC(=O)[C@@H](N)CCCNC(=N)N[N+](=O)[O-])B(O)O. The highest BCUT2D eigenvalue weighted by molar-refractivity contribution is 6.43.